The van der Waals surface area contributed by atoms with Gasteiger partial charge in [-0.15, -0.1) is 0 Å². The molecule has 0 unspecified atom stereocenters. The van der Waals surface area contributed by atoms with Crippen molar-refractivity contribution >= 4 is 11.9 Å². The number of nitrogens with two attached hydrogens (primary N) is 1. The fraction of sp³-hybridized carbons (Fsp3) is 0.143. The van der Waals surface area contributed by atoms with E-state index in [9.17, 15) is 9.59 Å². The summed E-state index contributed by atoms with van der Waals surface area (Å²) in [7, 11) is 0. The second-order valence-corrected chi connectivity index (χ2v) is 2.24. The molecule has 0 aliphatic carbocycles. The Hall–Kier alpha value is -1.82. The van der Waals surface area contributed by atoms with Gasteiger partial charge in [-0.2, -0.15) is 0 Å². The van der Waals surface area contributed by atoms with E-state index in [0.29, 0.717) is 0 Å². The Morgan fingerprint density at radius 2 is 2.23 bits per heavy atom. The normalized spacial score (nSPS) is 9.62. The average Bonchev–Trinajstić information content (AvgIpc) is 2.50. The van der Waals surface area contributed by atoms with Gasteiger partial charge in [0, 0.05) is 0 Å². The lowest BCUT2D eigenvalue weighted by Crippen LogP contribution is -2.34. The number of hydrogen-bond acceptors (Lipinski definition) is 4. The van der Waals surface area contributed by atoms with Gasteiger partial charge in [0.1, 0.15) is 12.4 Å². The van der Waals surface area contributed by atoms with Crippen LogP contribution in [0.25, 0.3) is 0 Å². The molecule has 6 nitrogen and oxygen atoms in total. The molecule has 6 heteroatoms. The van der Waals surface area contributed by atoms with Gasteiger partial charge in [0.25, 0.3) is 5.91 Å². The Morgan fingerprint density at radius 1 is 1.54 bits per heavy atom. The summed E-state index contributed by atoms with van der Waals surface area (Å²) in [6.45, 7) is -0.302. The number of urea groups is 1. The van der Waals surface area contributed by atoms with Gasteiger partial charge in [-0.25, -0.2) is 4.79 Å². The largest absolute Gasteiger partial charge is 0.453 e. The summed E-state index contributed by atoms with van der Waals surface area (Å²) in [4.78, 5) is 21.3. The average molecular weight is 184 g/mol. The Balaban J connectivity index is 2.71. The van der Waals surface area contributed by atoms with Crippen LogP contribution in [-0.4, -0.2) is 17.0 Å². The molecule has 0 fully saturated rings. The molecule has 1 aromatic rings. The summed E-state index contributed by atoms with van der Waals surface area (Å²) in [5.74, 6) is -0.551. The Kier molecular flexibility index (Phi) is 2.65. The Bertz CT molecular complexity index is 331. The van der Waals surface area contributed by atoms with Crippen molar-refractivity contribution in [1.29, 1.82) is 0 Å². The molecule has 1 rings (SSSR count). The van der Waals surface area contributed by atoms with Crippen LogP contribution in [-0.2, 0) is 6.61 Å². The molecule has 0 saturated carbocycles. The molecule has 0 atom stereocenters. The van der Waals surface area contributed by atoms with Crippen molar-refractivity contribution in [1.82, 2.24) is 5.32 Å². The standard InChI is InChI=1S/C7H8N2O4/c8-7(12)9-6(11)5-2-1-4(3-10)13-5/h1-2,10H,3H2,(H3,8,9,11,12). The number of rotatable bonds is 2. The Labute approximate surface area is 73.3 Å². The molecule has 0 aliphatic rings. The number of furan rings is 1. The molecular formula is C7H8N2O4. The number of nitrogens with one attached hydrogen (secondary N) is 1. The van der Waals surface area contributed by atoms with Crippen LogP contribution < -0.4 is 11.1 Å². The van der Waals surface area contributed by atoms with Crippen LogP contribution in [0, 0.1) is 0 Å². The van der Waals surface area contributed by atoms with Gasteiger partial charge in [-0.1, -0.05) is 0 Å². The van der Waals surface area contributed by atoms with Crippen LogP contribution in [0.4, 0.5) is 4.79 Å². The number of primary amides is 1. The van der Waals surface area contributed by atoms with E-state index in [1.165, 1.54) is 12.1 Å². The third-order valence-corrected chi connectivity index (χ3v) is 1.28. The summed E-state index contributed by atoms with van der Waals surface area (Å²) in [6.07, 6.45) is 0. The highest BCUT2D eigenvalue weighted by Gasteiger charge is 2.11. The van der Waals surface area contributed by atoms with Gasteiger partial charge in [-0.3, -0.25) is 10.1 Å². The molecule has 0 spiro atoms. The molecule has 0 aliphatic heterocycles. The molecule has 0 aromatic carbocycles. The smallest absolute Gasteiger partial charge is 0.319 e. The number of aliphatic hydroxyl groups excluding tert-OH is 1. The molecule has 0 saturated heterocycles. The first-order valence-corrected chi connectivity index (χ1v) is 3.44. The van der Waals surface area contributed by atoms with E-state index < -0.39 is 11.9 Å². The van der Waals surface area contributed by atoms with E-state index in [0.717, 1.165) is 0 Å². The first-order valence-electron chi connectivity index (χ1n) is 3.44. The van der Waals surface area contributed by atoms with Gasteiger partial charge < -0.3 is 15.3 Å². The van der Waals surface area contributed by atoms with Crippen LogP contribution >= 0.6 is 0 Å². The predicted molar refractivity (Wildman–Crippen MR) is 41.7 cm³/mol. The van der Waals surface area contributed by atoms with E-state index in [2.05, 4.69) is 0 Å². The first-order chi connectivity index (χ1) is 6.13. The van der Waals surface area contributed by atoms with Gasteiger partial charge in [0.15, 0.2) is 5.76 Å². The quantitative estimate of drug-likeness (QED) is 0.580. The minimum Gasteiger partial charge on any atom is -0.453 e. The third-order valence-electron chi connectivity index (χ3n) is 1.28. The van der Waals surface area contributed by atoms with E-state index in [1.807, 2.05) is 5.32 Å². The van der Waals surface area contributed by atoms with Crippen LogP contribution in [0.15, 0.2) is 16.5 Å². The van der Waals surface area contributed by atoms with Crippen molar-refractivity contribution in [2.45, 2.75) is 6.61 Å². The number of carbonyl (C=O) groups is 2. The molecule has 70 valence electrons. The number of imide groups is 1. The molecular weight excluding hydrogens is 176 g/mol. The van der Waals surface area contributed by atoms with E-state index in [4.69, 9.17) is 15.3 Å². The predicted octanol–water partition coefficient (Wildman–Crippen LogP) is -0.420. The van der Waals surface area contributed by atoms with Crippen LogP contribution in [0.5, 0.6) is 0 Å². The number of carbonyl (C=O) groups excluding carboxylic acids is 2. The van der Waals surface area contributed by atoms with Crippen molar-refractivity contribution in [2.75, 3.05) is 0 Å². The monoisotopic (exact) mass is 184 g/mol. The van der Waals surface area contributed by atoms with Gasteiger partial charge in [0.05, 0.1) is 0 Å². The zero-order valence-corrected chi connectivity index (χ0v) is 6.61. The second kappa shape index (κ2) is 3.72. The summed E-state index contributed by atoms with van der Waals surface area (Å²) >= 11 is 0. The zero-order chi connectivity index (χ0) is 9.84. The van der Waals surface area contributed by atoms with E-state index in [1.54, 1.807) is 0 Å². The van der Waals surface area contributed by atoms with Crippen LogP contribution in [0.3, 0.4) is 0 Å². The maximum atomic E-state index is 11.0. The van der Waals surface area contributed by atoms with E-state index in [-0.39, 0.29) is 18.1 Å². The highest BCUT2D eigenvalue weighted by atomic mass is 16.4. The van der Waals surface area contributed by atoms with Gasteiger partial charge >= 0.3 is 6.03 Å². The van der Waals surface area contributed by atoms with Crippen molar-refractivity contribution in [3.63, 3.8) is 0 Å². The van der Waals surface area contributed by atoms with Crippen molar-refractivity contribution < 1.29 is 19.1 Å². The van der Waals surface area contributed by atoms with Crippen LogP contribution in [0.1, 0.15) is 16.3 Å². The van der Waals surface area contributed by atoms with Gasteiger partial charge in [0.2, 0.25) is 0 Å². The molecule has 4 N–H and O–H groups in total. The lowest BCUT2D eigenvalue weighted by Gasteiger charge is -1.95. The summed E-state index contributed by atoms with van der Waals surface area (Å²) in [5.41, 5.74) is 4.71. The lowest BCUT2D eigenvalue weighted by atomic mass is 10.4. The molecule has 0 radical (unpaired) electrons. The molecule has 0 bridgehead atoms. The second-order valence-electron chi connectivity index (χ2n) is 2.24. The van der Waals surface area contributed by atoms with Crippen molar-refractivity contribution in [3.8, 4) is 0 Å². The maximum Gasteiger partial charge on any atom is 0.319 e. The molecule has 1 aromatic heterocycles. The number of aliphatic hydroxyl groups is 1. The number of hydrogen-bond donors (Lipinski definition) is 3. The molecule has 3 amide bonds. The van der Waals surface area contributed by atoms with Gasteiger partial charge in [-0.05, 0) is 12.1 Å². The van der Waals surface area contributed by atoms with Crippen molar-refractivity contribution in [2.24, 2.45) is 5.73 Å². The summed E-state index contributed by atoms with van der Waals surface area (Å²) < 4.78 is 4.83. The Morgan fingerprint density at radius 3 is 2.69 bits per heavy atom. The SMILES string of the molecule is NC(=O)NC(=O)c1ccc(CO)o1. The summed E-state index contributed by atoms with van der Waals surface area (Å²) in [5, 5.41) is 10.4. The van der Waals surface area contributed by atoms with Crippen LogP contribution in [0.2, 0.25) is 0 Å². The highest BCUT2D eigenvalue weighted by molar-refractivity contribution is 6.02. The van der Waals surface area contributed by atoms with Crippen molar-refractivity contribution in [3.05, 3.63) is 23.7 Å². The molecule has 1 heterocycles. The minimum atomic E-state index is -0.952. The molecule has 13 heavy (non-hydrogen) atoms. The first kappa shape index (κ1) is 9.27. The highest BCUT2D eigenvalue weighted by Crippen LogP contribution is 2.06. The zero-order valence-electron chi connectivity index (χ0n) is 6.61. The lowest BCUT2D eigenvalue weighted by molar-refractivity contribution is 0.0934. The topological polar surface area (TPSA) is 106 Å². The fourth-order valence-corrected chi connectivity index (χ4v) is 0.758. The minimum absolute atomic E-state index is 0.0668. The maximum absolute atomic E-state index is 11.0. The van der Waals surface area contributed by atoms with E-state index >= 15 is 0 Å². The third kappa shape index (κ3) is 2.31. The summed E-state index contributed by atoms with van der Waals surface area (Å²) in [6, 6.07) is 1.81. The number of amides is 3. The fourth-order valence-electron chi connectivity index (χ4n) is 0.758.